The van der Waals surface area contributed by atoms with Crippen molar-refractivity contribution in [3.8, 4) is 6.07 Å². The van der Waals surface area contributed by atoms with E-state index in [0.29, 0.717) is 5.56 Å². The third kappa shape index (κ3) is 4.16. The van der Waals surface area contributed by atoms with Crippen LogP contribution in [0.5, 0.6) is 0 Å². The maximum absolute atomic E-state index is 8.62. The summed E-state index contributed by atoms with van der Waals surface area (Å²) < 4.78 is 0. The second-order valence-electron chi connectivity index (χ2n) is 3.50. The molecule has 0 heterocycles. The van der Waals surface area contributed by atoms with Crippen molar-refractivity contribution in [1.82, 2.24) is 0 Å². The molecule has 0 radical (unpaired) electrons. The smallest absolute Gasteiger partial charge is 0.0991 e. The number of nitriles is 1. The molecule has 2 N–H and O–H groups in total. The summed E-state index contributed by atoms with van der Waals surface area (Å²) in [6.45, 7) is 5.78. The SMILES string of the molecule is C=C(C)C[C@@H](N)c1ccc(C#N)cc1.Cl. The Morgan fingerprint density at radius 2 is 2.00 bits per heavy atom. The second-order valence-corrected chi connectivity index (χ2v) is 3.50. The first-order valence-electron chi connectivity index (χ1n) is 4.53. The van der Waals surface area contributed by atoms with Crippen molar-refractivity contribution in [2.24, 2.45) is 5.73 Å². The summed E-state index contributed by atoms with van der Waals surface area (Å²) in [6.07, 6.45) is 0.784. The summed E-state index contributed by atoms with van der Waals surface area (Å²) in [7, 11) is 0. The number of rotatable bonds is 3. The van der Waals surface area contributed by atoms with Crippen LogP contribution in [0.3, 0.4) is 0 Å². The molecule has 2 nitrogen and oxygen atoms in total. The zero-order valence-electron chi connectivity index (χ0n) is 8.73. The topological polar surface area (TPSA) is 49.8 Å². The fourth-order valence-electron chi connectivity index (χ4n) is 1.30. The minimum Gasteiger partial charge on any atom is -0.324 e. The van der Waals surface area contributed by atoms with Crippen LogP contribution in [0.2, 0.25) is 0 Å². The molecule has 0 amide bonds. The fraction of sp³-hybridized carbons (Fsp3) is 0.250. The van der Waals surface area contributed by atoms with Gasteiger partial charge in [0, 0.05) is 6.04 Å². The van der Waals surface area contributed by atoms with Crippen LogP contribution in [0.1, 0.15) is 30.5 Å². The highest BCUT2D eigenvalue weighted by atomic mass is 35.5. The van der Waals surface area contributed by atoms with Crippen molar-refractivity contribution < 1.29 is 0 Å². The van der Waals surface area contributed by atoms with Crippen molar-refractivity contribution in [3.63, 3.8) is 0 Å². The maximum Gasteiger partial charge on any atom is 0.0991 e. The van der Waals surface area contributed by atoms with Gasteiger partial charge in [-0.1, -0.05) is 17.7 Å². The predicted molar refractivity (Wildman–Crippen MR) is 64.8 cm³/mol. The van der Waals surface area contributed by atoms with Gasteiger partial charge < -0.3 is 5.73 Å². The Kier molecular flexibility index (Phi) is 5.69. The van der Waals surface area contributed by atoms with Crippen molar-refractivity contribution in [2.45, 2.75) is 19.4 Å². The molecular formula is C12H15ClN2. The Balaban J connectivity index is 0.00000196. The zero-order chi connectivity index (χ0) is 10.6. The number of benzene rings is 1. The normalized spacial score (nSPS) is 11.0. The number of nitrogens with two attached hydrogens (primary N) is 1. The first kappa shape index (κ1) is 13.7. The van der Waals surface area contributed by atoms with Crippen LogP contribution in [0, 0.1) is 11.3 Å². The molecule has 1 atom stereocenters. The Hall–Kier alpha value is -1.30. The fourth-order valence-corrected chi connectivity index (χ4v) is 1.30. The van der Waals surface area contributed by atoms with Gasteiger partial charge in [-0.25, -0.2) is 0 Å². The molecule has 0 aromatic heterocycles. The van der Waals surface area contributed by atoms with Crippen LogP contribution in [0.25, 0.3) is 0 Å². The summed E-state index contributed by atoms with van der Waals surface area (Å²) in [6, 6.07) is 9.42. The van der Waals surface area contributed by atoms with Crippen molar-refractivity contribution in [3.05, 3.63) is 47.5 Å². The molecule has 0 spiro atoms. The van der Waals surface area contributed by atoms with Crippen LogP contribution in [0.15, 0.2) is 36.4 Å². The molecule has 0 fully saturated rings. The molecular weight excluding hydrogens is 208 g/mol. The van der Waals surface area contributed by atoms with Gasteiger partial charge in [0.05, 0.1) is 11.6 Å². The van der Waals surface area contributed by atoms with Gasteiger partial charge in [-0.2, -0.15) is 5.26 Å². The molecule has 80 valence electrons. The molecule has 15 heavy (non-hydrogen) atoms. The highest BCUT2D eigenvalue weighted by Gasteiger charge is 2.05. The maximum atomic E-state index is 8.62. The van der Waals surface area contributed by atoms with Gasteiger partial charge in [0.15, 0.2) is 0 Å². The average molecular weight is 223 g/mol. The van der Waals surface area contributed by atoms with Gasteiger partial charge in [-0.05, 0) is 31.0 Å². The molecule has 1 aromatic carbocycles. The van der Waals surface area contributed by atoms with E-state index in [-0.39, 0.29) is 18.4 Å². The number of nitrogens with zero attached hydrogens (tertiary/aromatic N) is 1. The highest BCUT2D eigenvalue weighted by molar-refractivity contribution is 5.85. The summed E-state index contributed by atoms with van der Waals surface area (Å²) >= 11 is 0. The standard InChI is InChI=1S/C12H14N2.ClH/c1-9(2)7-12(14)11-5-3-10(8-13)4-6-11;/h3-6,12H,1,7,14H2,2H3;1H/t12-;/m1./s1. The van der Waals surface area contributed by atoms with Crippen LogP contribution < -0.4 is 5.73 Å². The van der Waals surface area contributed by atoms with E-state index < -0.39 is 0 Å². The third-order valence-electron chi connectivity index (χ3n) is 2.04. The van der Waals surface area contributed by atoms with Crippen LogP contribution >= 0.6 is 12.4 Å². The van der Waals surface area contributed by atoms with E-state index in [1.54, 1.807) is 12.1 Å². The molecule has 0 aliphatic heterocycles. The zero-order valence-corrected chi connectivity index (χ0v) is 9.55. The molecule has 0 saturated carbocycles. The van der Waals surface area contributed by atoms with Gasteiger partial charge in [0.25, 0.3) is 0 Å². The van der Waals surface area contributed by atoms with Gasteiger partial charge in [-0.15, -0.1) is 19.0 Å². The lowest BCUT2D eigenvalue weighted by Gasteiger charge is -2.11. The van der Waals surface area contributed by atoms with Crippen LogP contribution in [0.4, 0.5) is 0 Å². The van der Waals surface area contributed by atoms with Crippen molar-refractivity contribution in [1.29, 1.82) is 5.26 Å². The van der Waals surface area contributed by atoms with Gasteiger partial charge >= 0.3 is 0 Å². The lowest BCUT2D eigenvalue weighted by Crippen LogP contribution is -2.10. The van der Waals surface area contributed by atoms with Crippen LogP contribution in [-0.2, 0) is 0 Å². The number of hydrogen-bond donors (Lipinski definition) is 1. The minimum absolute atomic E-state index is 0. The predicted octanol–water partition coefficient (Wildman–Crippen LogP) is 2.95. The average Bonchev–Trinajstić information content (AvgIpc) is 2.17. The summed E-state index contributed by atoms with van der Waals surface area (Å²) in [4.78, 5) is 0. The molecule has 1 rings (SSSR count). The minimum atomic E-state index is -0.0137. The van der Waals surface area contributed by atoms with E-state index in [1.165, 1.54) is 0 Å². The quantitative estimate of drug-likeness (QED) is 0.800. The molecule has 0 unspecified atom stereocenters. The van der Waals surface area contributed by atoms with Crippen LogP contribution in [-0.4, -0.2) is 0 Å². The molecule has 0 aliphatic carbocycles. The number of halogens is 1. The lowest BCUT2D eigenvalue weighted by atomic mass is 10.0. The summed E-state index contributed by atoms with van der Waals surface area (Å²) in [5.41, 5.74) is 8.73. The van der Waals surface area contributed by atoms with E-state index >= 15 is 0 Å². The monoisotopic (exact) mass is 222 g/mol. The first-order valence-corrected chi connectivity index (χ1v) is 4.53. The third-order valence-corrected chi connectivity index (χ3v) is 2.04. The summed E-state index contributed by atoms with van der Waals surface area (Å²) in [5.74, 6) is 0. The van der Waals surface area contributed by atoms with E-state index in [9.17, 15) is 0 Å². The van der Waals surface area contributed by atoms with Crippen molar-refractivity contribution >= 4 is 12.4 Å². The van der Waals surface area contributed by atoms with E-state index in [1.807, 2.05) is 19.1 Å². The van der Waals surface area contributed by atoms with E-state index in [2.05, 4.69) is 12.6 Å². The van der Waals surface area contributed by atoms with E-state index in [4.69, 9.17) is 11.0 Å². The Morgan fingerprint density at radius 3 is 2.40 bits per heavy atom. The molecule has 0 aliphatic rings. The van der Waals surface area contributed by atoms with E-state index in [0.717, 1.165) is 17.6 Å². The molecule has 1 aromatic rings. The lowest BCUT2D eigenvalue weighted by molar-refractivity contribution is 0.717. The van der Waals surface area contributed by atoms with Gasteiger partial charge in [-0.3, -0.25) is 0 Å². The Morgan fingerprint density at radius 1 is 1.47 bits per heavy atom. The van der Waals surface area contributed by atoms with Gasteiger partial charge in [0.1, 0.15) is 0 Å². The highest BCUT2D eigenvalue weighted by Crippen LogP contribution is 2.17. The molecule has 3 heteroatoms. The summed E-state index contributed by atoms with van der Waals surface area (Å²) in [5, 5.41) is 8.62. The Labute approximate surface area is 96.8 Å². The van der Waals surface area contributed by atoms with Crippen molar-refractivity contribution in [2.75, 3.05) is 0 Å². The second kappa shape index (κ2) is 6.23. The molecule has 0 saturated heterocycles. The largest absolute Gasteiger partial charge is 0.324 e. The number of hydrogen-bond acceptors (Lipinski definition) is 2. The first-order chi connectivity index (χ1) is 6.63. The Bertz CT molecular complexity index is 362. The van der Waals surface area contributed by atoms with Gasteiger partial charge in [0.2, 0.25) is 0 Å². The molecule has 0 bridgehead atoms.